The van der Waals surface area contributed by atoms with E-state index in [1.54, 1.807) is 12.0 Å². The van der Waals surface area contributed by atoms with Crippen LogP contribution in [-0.4, -0.2) is 43.0 Å². The minimum Gasteiger partial charge on any atom is -0.497 e. The maximum Gasteiger partial charge on any atom is 0.261 e. The van der Waals surface area contributed by atoms with Gasteiger partial charge in [-0.25, -0.2) is 0 Å². The summed E-state index contributed by atoms with van der Waals surface area (Å²) in [4.78, 5) is 28.8. The number of carbonyl (C=O) groups excluding carboxylic acids is 2. The average molecular weight is 503 g/mol. The van der Waals surface area contributed by atoms with Gasteiger partial charge in [-0.05, 0) is 66.8 Å². The van der Waals surface area contributed by atoms with Gasteiger partial charge in [-0.3, -0.25) is 9.59 Å². The molecule has 2 amide bonds. The molecule has 1 atom stereocenters. The number of rotatable bonds is 13. The van der Waals surface area contributed by atoms with Crippen molar-refractivity contribution in [3.8, 4) is 11.5 Å². The highest BCUT2D eigenvalue weighted by molar-refractivity contribution is 5.88. The summed E-state index contributed by atoms with van der Waals surface area (Å²) in [6.45, 7) is 6.73. The van der Waals surface area contributed by atoms with Gasteiger partial charge in [0.05, 0.1) is 7.11 Å². The number of ether oxygens (including phenoxy) is 2. The van der Waals surface area contributed by atoms with Gasteiger partial charge in [0, 0.05) is 19.5 Å². The van der Waals surface area contributed by atoms with Crippen LogP contribution in [0.5, 0.6) is 11.5 Å². The van der Waals surface area contributed by atoms with Crippen molar-refractivity contribution in [2.45, 2.75) is 52.6 Å². The second-order valence-electron chi connectivity index (χ2n) is 9.34. The standard InChI is InChI=1S/C31H38N2O4/c1-5-6-15-32-31(35)29(20-25-11-8-7-9-12-25)33(21-26-13-10-14-27(19-26)36-4)30(34)22-37-28-17-23(2)16-24(3)18-28/h7-14,16-19,29H,5-6,15,20-22H2,1-4H3,(H,32,35)/t29-/m1/s1. The number of nitrogens with zero attached hydrogens (tertiary/aromatic N) is 1. The molecule has 37 heavy (non-hydrogen) atoms. The molecule has 0 aliphatic rings. The minimum absolute atomic E-state index is 0.166. The Morgan fingerprint density at radius 3 is 2.27 bits per heavy atom. The summed E-state index contributed by atoms with van der Waals surface area (Å²) in [7, 11) is 1.61. The predicted molar refractivity (Wildman–Crippen MR) is 147 cm³/mol. The molecule has 6 heteroatoms. The number of unbranched alkanes of at least 4 members (excludes halogenated alkanes) is 1. The maximum atomic E-state index is 13.7. The SMILES string of the molecule is CCCCNC(=O)[C@@H](Cc1ccccc1)N(Cc1cccc(OC)c1)C(=O)COc1cc(C)cc(C)c1. The third-order valence-corrected chi connectivity index (χ3v) is 6.15. The van der Waals surface area contributed by atoms with Crippen LogP contribution in [0.15, 0.2) is 72.8 Å². The molecular formula is C31H38N2O4. The van der Waals surface area contributed by atoms with E-state index >= 15 is 0 Å². The highest BCUT2D eigenvalue weighted by Crippen LogP contribution is 2.20. The Bertz CT molecular complexity index is 1140. The van der Waals surface area contributed by atoms with Crippen molar-refractivity contribution in [1.82, 2.24) is 10.2 Å². The number of aryl methyl sites for hydroxylation is 2. The summed E-state index contributed by atoms with van der Waals surface area (Å²) in [5.74, 6) is 0.913. The second-order valence-corrected chi connectivity index (χ2v) is 9.34. The summed E-state index contributed by atoms with van der Waals surface area (Å²) in [5.41, 5.74) is 3.98. The highest BCUT2D eigenvalue weighted by atomic mass is 16.5. The minimum atomic E-state index is -0.694. The van der Waals surface area contributed by atoms with Gasteiger partial charge in [0.25, 0.3) is 5.91 Å². The summed E-state index contributed by atoms with van der Waals surface area (Å²) >= 11 is 0. The van der Waals surface area contributed by atoms with Crippen LogP contribution in [0.4, 0.5) is 0 Å². The smallest absolute Gasteiger partial charge is 0.261 e. The molecule has 196 valence electrons. The Morgan fingerprint density at radius 2 is 1.59 bits per heavy atom. The van der Waals surface area contributed by atoms with Crippen molar-refractivity contribution in [1.29, 1.82) is 0 Å². The molecule has 0 saturated carbocycles. The van der Waals surface area contributed by atoms with Crippen molar-refractivity contribution in [2.24, 2.45) is 0 Å². The van der Waals surface area contributed by atoms with Crippen molar-refractivity contribution in [3.63, 3.8) is 0 Å². The Labute approximate surface area is 220 Å². The topological polar surface area (TPSA) is 67.9 Å². The van der Waals surface area contributed by atoms with E-state index in [0.717, 1.165) is 35.1 Å². The van der Waals surface area contributed by atoms with Crippen molar-refractivity contribution in [3.05, 3.63) is 95.1 Å². The molecule has 0 heterocycles. The van der Waals surface area contributed by atoms with Crippen molar-refractivity contribution < 1.29 is 19.1 Å². The number of methoxy groups -OCH3 is 1. The van der Waals surface area contributed by atoms with Crippen LogP contribution in [0.1, 0.15) is 42.0 Å². The third-order valence-electron chi connectivity index (χ3n) is 6.15. The quantitative estimate of drug-likeness (QED) is 0.324. The highest BCUT2D eigenvalue weighted by Gasteiger charge is 2.30. The monoisotopic (exact) mass is 502 g/mol. The molecule has 0 unspecified atom stereocenters. The van der Waals surface area contributed by atoms with E-state index in [-0.39, 0.29) is 25.0 Å². The van der Waals surface area contributed by atoms with Crippen molar-refractivity contribution in [2.75, 3.05) is 20.3 Å². The first-order valence-electron chi connectivity index (χ1n) is 12.8. The van der Waals surface area contributed by atoms with E-state index in [9.17, 15) is 9.59 Å². The number of hydrogen-bond donors (Lipinski definition) is 1. The van der Waals surface area contributed by atoms with E-state index < -0.39 is 6.04 Å². The number of nitrogens with one attached hydrogen (secondary N) is 1. The molecule has 3 aromatic rings. The first-order chi connectivity index (χ1) is 17.9. The summed E-state index contributed by atoms with van der Waals surface area (Å²) in [6.07, 6.45) is 2.25. The fourth-order valence-electron chi connectivity index (χ4n) is 4.27. The van der Waals surface area contributed by atoms with Crippen LogP contribution in [0, 0.1) is 13.8 Å². The maximum absolute atomic E-state index is 13.7. The lowest BCUT2D eigenvalue weighted by atomic mass is 10.0. The van der Waals surface area contributed by atoms with E-state index in [1.807, 2.05) is 80.6 Å². The van der Waals surface area contributed by atoms with Gasteiger partial charge in [0.15, 0.2) is 6.61 Å². The third kappa shape index (κ3) is 8.67. The number of amides is 2. The molecule has 1 N–H and O–H groups in total. The Kier molecular flexibility index (Phi) is 10.6. The Balaban J connectivity index is 1.91. The summed E-state index contributed by atoms with van der Waals surface area (Å²) < 4.78 is 11.3. The molecule has 6 nitrogen and oxygen atoms in total. The molecule has 3 rings (SSSR count). The fraction of sp³-hybridized carbons (Fsp3) is 0.355. The molecule has 0 saturated heterocycles. The van der Waals surface area contributed by atoms with Gasteiger partial charge < -0.3 is 19.7 Å². The molecule has 0 aromatic heterocycles. The largest absolute Gasteiger partial charge is 0.497 e. The lowest BCUT2D eigenvalue weighted by molar-refractivity contribution is -0.142. The van der Waals surface area contributed by atoms with Crippen LogP contribution in [0.3, 0.4) is 0 Å². The van der Waals surface area contributed by atoms with Crippen LogP contribution < -0.4 is 14.8 Å². The molecule has 0 radical (unpaired) electrons. The summed E-state index contributed by atoms with van der Waals surface area (Å²) in [6, 6.07) is 22.5. The normalized spacial score (nSPS) is 11.5. The molecule has 0 aliphatic heterocycles. The number of benzene rings is 3. The first kappa shape index (κ1) is 27.8. The number of carbonyl (C=O) groups is 2. The van der Waals surface area contributed by atoms with Crippen LogP contribution in [0.25, 0.3) is 0 Å². The van der Waals surface area contributed by atoms with Gasteiger partial charge >= 0.3 is 0 Å². The lowest BCUT2D eigenvalue weighted by Crippen LogP contribution is -2.51. The zero-order valence-corrected chi connectivity index (χ0v) is 22.3. The predicted octanol–water partition coefficient (Wildman–Crippen LogP) is 5.25. The van der Waals surface area contributed by atoms with Gasteiger partial charge in [-0.15, -0.1) is 0 Å². The first-order valence-corrected chi connectivity index (χ1v) is 12.8. The van der Waals surface area contributed by atoms with Gasteiger partial charge in [0.2, 0.25) is 5.91 Å². The zero-order valence-electron chi connectivity index (χ0n) is 22.3. The molecule has 3 aromatic carbocycles. The molecule has 0 bridgehead atoms. The lowest BCUT2D eigenvalue weighted by Gasteiger charge is -2.31. The van der Waals surface area contributed by atoms with E-state index in [1.165, 1.54) is 0 Å². The molecule has 0 spiro atoms. The van der Waals surface area contributed by atoms with Gasteiger partial charge in [-0.2, -0.15) is 0 Å². The number of hydrogen-bond acceptors (Lipinski definition) is 4. The zero-order chi connectivity index (χ0) is 26.6. The van der Waals surface area contributed by atoms with E-state index in [2.05, 4.69) is 18.3 Å². The van der Waals surface area contributed by atoms with E-state index in [4.69, 9.17) is 9.47 Å². The Hall–Kier alpha value is -3.80. The molecule has 0 fully saturated rings. The van der Waals surface area contributed by atoms with Gasteiger partial charge in [0.1, 0.15) is 17.5 Å². The molecular weight excluding hydrogens is 464 g/mol. The van der Waals surface area contributed by atoms with Crippen molar-refractivity contribution >= 4 is 11.8 Å². The Morgan fingerprint density at radius 1 is 0.892 bits per heavy atom. The van der Waals surface area contributed by atoms with Gasteiger partial charge in [-0.1, -0.05) is 61.9 Å². The molecule has 0 aliphatic carbocycles. The summed E-state index contributed by atoms with van der Waals surface area (Å²) in [5, 5.41) is 3.04. The van der Waals surface area contributed by atoms with Crippen LogP contribution in [0.2, 0.25) is 0 Å². The fourth-order valence-corrected chi connectivity index (χ4v) is 4.27. The average Bonchev–Trinajstić information content (AvgIpc) is 2.89. The van der Waals surface area contributed by atoms with E-state index in [0.29, 0.717) is 24.5 Å². The second kappa shape index (κ2) is 14.1. The van der Waals surface area contributed by atoms with Crippen LogP contribution in [-0.2, 0) is 22.6 Å². The van der Waals surface area contributed by atoms with Crippen LogP contribution >= 0.6 is 0 Å².